The van der Waals surface area contributed by atoms with Crippen LogP contribution in [0.5, 0.6) is 0 Å². The summed E-state index contributed by atoms with van der Waals surface area (Å²) in [5, 5.41) is 15.1. The van der Waals surface area contributed by atoms with Gasteiger partial charge in [0.15, 0.2) is 0 Å². The number of rotatable bonds is 5. The molecule has 0 aromatic carbocycles. The van der Waals surface area contributed by atoms with Crippen molar-refractivity contribution in [2.75, 3.05) is 0 Å². The van der Waals surface area contributed by atoms with Crippen molar-refractivity contribution >= 4 is 23.4 Å². The van der Waals surface area contributed by atoms with Crippen molar-refractivity contribution < 1.29 is 14.7 Å². The van der Waals surface area contributed by atoms with Gasteiger partial charge in [-0.1, -0.05) is 18.3 Å². The maximum Gasteiger partial charge on any atom is 0.305 e. The van der Waals surface area contributed by atoms with Gasteiger partial charge in [0, 0.05) is 6.04 Å². The summed E-state index contributed by atoms with van der Waals surface area (Å²) >= 11 is 1.03. The summed E-state index contributed by atoms with van der Waals surface area (Å²) in [6.45, 7) is 5.50. The highest BCUT2D eigenvalue weighted by Gasteiger charge is 2.20. The minimum Gasteiger partial charge on any atom is -0.481 e. The van der Waals surface area contributed by atoms with Gasteiger partial charge >= 0.3 is 5.97 Å². The molecule has 0 aliphatic heterocycles. The van der Waals surface area contributed by atoms with Gasteiger partial charge in [-0.15, -0.1) is 5.10 Å². The minimum absolute atomic E-state index is 0.102. The molecule has 1 unspecified atom stereocenters. The van der Waals surface area contributed by atoms with E-state index >= 15 is 0 Å². The van der Waals surface area contributed by atoms with Crippen LogP contribution in [0.1, 0.15) is 48.5 Å². The van der Waals surface area contributed by atoms with Crippen LogP contribution in [0.2, 0.25) is 0 Å². The number of hydrogen-bond acceptors (Lipinski definition) is 5. The summed E-state index contributed by atoms with van der Waals surface area (Å²) in [7, 11) is 0. The van der Waals surface area contributed by atoms with Crippen molar-refractivity contribution in [1.82, 2.24) is 14.9 Å². The molecule has 0 fully saturated rings. The topological polar surface area (TPSA) is 92.2 Å². The Labute approximate surface area is 103 Å². The van der Waals surface area contributed by atoms with E-state index in [1.165, 1.54) is 0 Å². The van der Waals surface area contributed by atoms with Crippen LogP contribution in [-0.2, 0) is 4.79 Å². The van der Waals surface area contributed by atoms with E-state index in [4.69, 9.17) is 5.11 Å². The molecule has 6 nitrogen and oxygen atoms in total. The van der Waals surface area contributed by atoms with Crippen LogP contribution >= 0.6 is 11.5 Å². The lowest BCUT2D eigenvalue weighted by atomic mass is 10.1. The molecule has 1 amide bonds. The fourth-order valence-corrected chi connectivity index (χ4v) is 2.06. The fourth-order valence-electron chi connectivity index (χ4n) is 1.34. The molecule has 0 bridgehead atoms. The number of nitrogens with zero attached hydrogens (tertiary/aromatic N) is 2. The van der Waals surface area contributed by atoms with E-state index in [0.29, 0.717) is 10.6 Å². The van der Waals surface area contributed by atoms with E-state index in [0.717, 1.165) is 11.5 Å². The van der Waals surface area contributed by atoms with Crippen LogP contribution in [0.25, 0.3) is 0 Å². The Morgan fingerprint density at radius 2 is 2.06 bits per heavy atom. The normalized spacial score (nSPS) is 12.5. The first-order valence-corrected chi connectivity index (χ1v) is 6.04. The highest BCUT2D eigenvalue weighted by atomic mass is 32.1. The van der Waals surface area contributed by atoms with E-state index in [1.807, 2.05) is 13.8 Å². The predicted molar refractivity (Wildman–Crippen MR) is 63.2 cm³/mol. The van der Waals surface area contributed by atoms with Gasteiger partial charge in [-0.2, -0.15) is 0 Å². The van der Waals surface area contributed by atoms with Gasteiger partial charge in [0.2, 0.25) is 0 Å². The molecular formula is C10H15N3O3S. The first-order chi connectivity index (χ1) is 7.91. The molecule has 0 aliphatic rings. The molecule has 0 aliphatic carbocycles. The number of carboxylic acids is 1. The van der Waals surface area contributed by atoms with Gasteiger partial charge in [0.05, 0.1) is 12.1 Å². The van der Waals surface area contributed by atoms with Crippen LogP contribution in [0.3, 0.4) is 0 Å². The Hall–Kier alpha value is -1.50. The zero-order valence-electron chi connectivity index (χ0n) is 9.93. The van der Waals surface area contributed by atoms with Gasteiger partial charge in [-0.3, -0.25) is 9.59 Å². The summed E-state index contributed by atoms with van der Waals surface area (Å²) in [6, 6.07) is -0.415. The van der Waals surface area contributed by atoms with Gasteiger partial charge < -0.3 is 10.4 Å². The molecule has 17 heavy (non-hydrogen) atoms. The molecule has 2 N–H and O–H groups in total. The van der Waals surface area contributed by atoms with Crippen molar-refractivity contribution in [3.05, 3.63) is 10.6 Å². The van der Waals surface area contributed by atoms with Gasteiger partial charge in [0.1, 0.15) is 4.88 Å². The Morgan fingerprint density at radius 1 is 1.41 bits per heavy atom. The lowest BCUT2D eigenvalue weighted by molar-refractivity contribution is -0.137. The van der Waals surface area contributed by atoms with E-state index in [2.05, 4.69) is 14.9 Å². The Morgan fingerprint density at radius 3 is 2.59 bits per heavy atom. The molecule has 0 saturated heterocycles. The standard InChI is InChI=1S/C10H15N3O3S/c1-5(2)8-9(17-13-12-8)10(16)11-6(3)4-7(14)15/h5-6H,4H2,1-3H3,(H,11,16)(H,14,15). The van der Waals surface area contributed by atoms with Gasteiger partial charge in [-0.25, -0.2) is 0 Å². The predicted octanol–water partition coefficient (Wildman–Crippen LogP) is 1.25. The van der Waals surface area contributed by atoms with Crippen LogP contribution in [0.4, 0.5) is 0 Å². The number of carbonyl (C=O) groups excluding carboxylic acids is 1. The third-order valence-electron chi connectivity index (χ3n) is 2.12. The highest BCUT2D eigenvalue weighted by Crippen LogP contribution is 2.19. The molecule has 94 valence electrons. The largest absolute Gasteiger partial charge is 0.481 e. The fraction of sp³-hybridized carbons (Fsp3) is 0.600. The zero-order valence-corrected chi connectivity index (χ0v) is 10.7. The lowest BCUT2D eigenvalue weighted by Crippen LogP contribution is -2.34. The molecule has 1 aromatic heterocycles. The summed E-state index contributed by atoms with van der Waals surface area (Å²) < 4.78 is 3.75. The maximum absolute atomic E-state index is 11.8. The summed E-state index contributed by atoms with van der Waals surface area (Å²) in [4.78, 5) is 22.8. The molecule has 1 atom stereocenters. The first-order valence-electron chi connectivity index (χ1n) is 5.26. The van der Waals surface area contributed by atoms with E-state index in [9.17, 15) is 9.59 Å². The smallest absolute Gasteiger partial charge is 0.305 e. The number of carbonyl (C=O) groups is 2. The SMILES string of the molecule is CC(CC(=O)O)NC(=O)c1snnc1C(C)C. The number of hydrogen-bond donors (Lipinski definition) is 2. The lowest BCUT2D eigenvalue weighted by Gasteiger charge is -2.11. The zero-order chi connectivity index (χ0) is 13.0. The van der Waals surface area contributed by atoms with Crippen molar-refractivity contribution in [2.45, 2.75) is 39.2 Å². The number of amides is 1. The average Bonchev–Trinajstić information content (AvgIpc) is 2.63. The van der Waals surface area contributed by atoms with Crippen LogP contribution in [0.15, 0.2) is 0 Å². The molecule has 7 heteroatoms. The molecule has 1 heterocycles. The number of aromatic nitrogens is 2. The second-order valence-electron chi connectivity index (χ2n) is 4.11. The van der Waals surface area contributed by atoms with E-state index < -0.39 is 12.0 Å². The number of aliphatic carboxylic acids is 1. The van der Waals surface area contributed by atoms with Crippen LogP contribution in [0, 0.1) is 0 Å². The maximum atomic E-state index is 11.8. The number of carboxylic acid groups (broad SMARTS) is 1. The summed E-state index contributed by atoms with van der Waals surface area (Å²) in [5.74, 6) is -1.13. The Kier molecular flexibility index (Phi) is 4.56. The summed E-state index contributed by atoms with van der Waals surface area (Å²) in [6.07, 6.45) is -0.102. The highest BCUT2D eigenvalue weighted by molar-refractivity contribution is 7.08. The second kappa shape index (κ2) is 5.72. The van der Waals surface area contributed by atoms with Crippen molar-refractivity contribution in [3.8, 4) is 0 Å². The average molecular weight is 257 g/mol. The van der Waals surface area contributed by atoms with E-state index in [1.54, 1.807) is 6.92 Å². The molecule has 0 saturated carbocycles. The van der Waals surface area contributed by atoms with Crippen LogP contribution in [-0.4, -0.2) is 32.6 Å². The molecule has 0 spiro atoms. The third kappa shape index (κ3) is 3.77. The third-order valence-corrected chi connectivity index (χ3v) is 2.87. The van der Waals surface area contributed by atoms with Gasteiger partial charge in [0.25, 0.3) is 5.91 Å². The van der Waals surface area contributed by atoms with E-state index in [-0.39, 0.29) is 18.2 Å². The van der Waals surface area contributed by atoms with Crippen molar-refractivity contribution in [1.29, 1.82) is 0 Å². The number of nitrogens with one attached hydrogen (secondary N) is 1. The first kappa shape index (κ1) is 13.6. The van der Waals surface area contributed by atoms with Crippen LogP contribution < -0.4 is 5.32 Å². The summed E-state index contributed by atoms with van der Waals surface area (Å²) in [5.41, 5.74) is 0.648. The molecule has 1 rings (SSSR count). The molecular weight excluding hydrogens is 242 g/mol. The van der Waals surface area contributed by atoms with Crippen molar-refractivity contribution in [3.63, 3.8) is 0 Å². The molecule has 1 aromatic rings. The minimum atomic E-state index is -0.940. The van der Waals surface area contributed by atoms with Crippen molar-refractivity contribution in [2.24, 2.45) is 0 Å². The Balaban J connectivity index is 2.70. The van der Waals surface area contributed by atoms with Gasteiger partial charge in [-0.05, 0) is 24.4 Å². The quantitative estimate of drug-likeness (QED) is 0.828. The Bertz CT molecular complexity index is 417. The molecule has 0 radical (unpaired) electrons. The second-order valence-corrected chi connectivity index (χ2v) is 4.87. The monoisotopic (exact) mass is 257 g/mol.